The van der Waals surface area contributed by atoms with E-state index < -0.39 is 0 Å². The van der Waals surface area contributed by atoms with Gasteiger partial charge in [0.1, 0.15) is 28.7 Å². The van der Waals surface area contributed by atoms with Crippen molar-refractivity contribution in [2.45, 2.75) is 0 Å². The fourth-order valence-electron chi connectivity index (χ4n) is 4.21. The lowest BCUT2D eigenvalue weighted by Crippen LogP contribution is -2.44. The second-order valence-electron chi connectivity index (χ2n) is 8.68. The molecule has 1 saturated heterocycles. The lowest BCUT2D eigenvalue weighted by Gasteiger charge is -2.34. The first-order chi connectivity index (χ1) is 17.9. The molecule has 0 aliphatic carbocycles. The van der Waals surface area contributed by atoms with Gasteiger partial charge < -0.3 is 34.7 Å². The van der Waals surface area contributed by atoms with E-state index in [9.17, 15) is 4.39 Å². The first-order valence-corrected chi connectivity index (χ1v) is 11.8. The van der Waals surface area contributed by atoms with Gasteiger partial charge in [0.2, 0.25) is 5.95 Å². The molecule has 1 fully saturated rings. The molecule has 3 heterocycles. The highest BCUT2D eigenvalue weighted by atomic mass is 19.1. The van der Waals surface area contributed by atoms with E-state index in [1.807, 2.05) is 6.07 Å². The molecule has 192 valence electrons. The third kappa shape index (κ3) is 5.26. The van der Waals surface area contributed by atoms with Crippen LogP contribution in [0, 0.1) is 5.82 Å². The van der Waals surface area contributed by atoms with Crippen molar-refractivity contribution in [3.8, 4) is 34.2 Å². The molecule has 4 aromatic rings. The van der Waals surface area contributed by atoms with Gasteiger partial charge in [-0.1, -0.05) is 0 Å². The maximum absolute atomic E-state index is 15.0. The second-order valence-corrected chi connectivity index (χ2v) is 8.68. The zero-order valence-corrected chi connectivity index (χ0v) is 20.9. The summed E-state index contributed by atoms with van der Waals surface area (Å²) >= 11 is 0. The van der Waals surface area contributed by atoms with Crippen molar-refractivity contribution in [3.63, 3.8) is 0 Å². The van der Waals surface area contributed by atoms with Crippen molar-refractivity contribution in [2.75, 3.05) is 63.4 Å². The van der Waals surface area contributed by atoms with Gasteiger partial charge in [0.15, 0.2) is 5.76 Å². The number of methoxy groups -OCH3 is 2. The number of aromatic nitrogens is 3. The Bertz CT molecular complexity index is 1380. The number of halogens is 1. The number of nitrogens with two attached hydrogens (primary N) is 1. The summed E-state index contributed by atoms with van der Waals surface area (Å²) in [7, 11) is 5.21. The van der Waals surface area contributed by atoms with Crippen LogP contribution >= 0.6 is 0 Å². The van der Waals surface area contributed by atoms with Crippen LogP contribution in [0.25, 0.3) is 22.7 Å². The van der Waals surface area contributed by atoms with E-state index in [4.69, 9.17) is 19.6 Å². The highest BCUT2D eigenvalue weighted by Gasteiger charge is 2.20. The van der Waals surface area contributed by atoms with Gasteiger partial charge in [0.25, 0.3) is 6.01 Å². The molecule has 11 heteroatoms. The lowest BCUT2D eigenvalue weighted by atomic mass is 10.1. The number of nitrogens with one attached hydrogen (secondary N) is 1. The number of rotatable bonds is 7. The maximum atomic E-state index is 15.0. The zero-order valence-electron chi connectivity index (χ0n) is 20.9. The van der Waals surface area contributed by atoms with Crippen molar-refractivity contribution in [1.29, 1.82) is 0 Å². The van der Waals surface area contributed by atoms with Gasteiger partial charge in [0.05, 0.1) is 19.9 Å². The predicted molar refractivity (Wildman–Crippen MR) is 140 cm³/mol. The van der Waals surface area contributed by atoms with E-state index in [0.29, 0.717) is 45.6 Å². The fraction of sp³-hybridized carbons (Fsp3) is 0.269. The van der Waals surface area contributed by atoms with Crippen LogP contribution in [0.15, 0.2) is 53.1 Å². The van der Waals surface area contributed by atoms with Crippen LogP contribution < -0.4 is 25.4 Å². The molecular weight excluding hydrogens is 477 g/mol. The van der Waals surface area contributed by atoms with E-state index in [-0.39, 0.29) is 17.8 Å². The van der Waals surface area contributed by atoms with Crippen LogP contribution in [0.5, 0.6) is 11.5 Å². The summed E-state index contributed by atoms with van der Waals surface area (Å²) in [5.41, 5.74) is 8.63. The molecule has 1 aliphatic heterocycles. The fourth-order valence-corrected chi connectivity index (χ4v) is 4.21. The Morgan fingerprint density at radius 3 is 2.38 bits per heavy atom. The second kappa shape index (κ2) is 10.3. The number of nitrogen functional groups attached to an aromatic ring is 1. The molecule has 0 unspecified atom stereocenters. The van der Waals surface area contributed by atoms with Crippen LogP contribution in [0.2, 0.25) is 0 Å². The molecule has 10 nitrogen and oxygen atoms in total. The Morgan fingerprint density at radius 1 is 0.973 bits per heavy atom. The summed E-state index contributed by atoms with van der Waals surface area (Å²) in [6.07, 6.45) is 1.58. The summed E-state index contributed by atoms with van der Waals surface area (Å²) in [6.45, 7) is 3.37. The summed E-state index contributed by atoms with van der Waals surface area (Å²) < 4.78 is 31.4. The Hall–Kier alpha value is -4.38. The average molecular weight is 506 g/mol. The minimum Gasteiger partial charge on any atom is -0.497 e. The van der Waals surface area contributed by atoms with Crippen LogP contribution in [0.3, 0.4) is 0 Å². The smallest absolute Gasteiger partial charge is 0.293 e. The van der Waals surface area contributed by atoms with Gasteiger partial charge in [0, 0.05) is 49.7 Å². The van der Waals surface area contributed by atoms with Gasteiger partial charge in [-0.2, -0.15) is 4.98 Å². The van der Waals surface area contributed by atoms with Crippen molar-refractivity contribution >= 4 is 23.3 Å². The number of hydrogen-bond donors (Lipinski definition) is 2. The van der Waals surface area contributed by atoms with Crippen LogP contribution in [0.1, 0.15) is 0 Å². The van der Waals surface area contributed by atoms with Crippen LogP contribution in [-0.4, -0.2) is 67.3 Å². The van der Waals surface area contributed by atoms with Gasteiger partial charge in [-0.15, -0.1) is 0 Å². The number of ether oxygens (including phenoxy) is 2. The number of likely N-dealkylation sites (N-methyl/N-ethyl adjacent to an activating group) is 1. The monoisotopic (exact) mass is 505 g/mol. The van der Waals surface area contributed by atoms with Crippen molar-refractivity contribution in [1.82, 2.24) is 19.9 Å². The first-order valence-electron chi connectivity index (χ1n) is 11.8. The van der Waals surface area contributed by atoms with E-state index in [1.54, 1.807) is 50.7 Å². The Labute approximate surface area is 213 Å². The summed E-state index contributed by atoms with van der Waals surface area (Å²) in [4.78, 5) is 17.5. The third-order valence-corrected chi connectivity index (χ3v) is 6.20. The number of nitrogens with zero attached hydrogens (tertiary/aromatic N) is 5. The average Bonchev–Trinajstić information content (AvgIpc) is 3.31. The molecule has 0 amide bonds. The molecule has 5 rings (SSSR count). The number of piperazine rings is 1. The lowest BCUT2D eigenvalue weighted by molar-refractivity contribution is 0.311. The summed E-state index contributed by atoms with van der Waals surface area (Å²) in [6, 6.07) is 12.1. The molecule has 0 saturated carbocycles. The van der Waals surface area contributed by atoms with E-state index >= 15 is 0 Å². The first kappa shape index (κ1) is 24.3. The van der Waals surface area contributed by atoms with Crippen LogP contribution in [0.4, 0.5) is 27.7 Å². The Kier molecular flexibility index (Phi) is 6.78. The number of oxazole rings is 1. The molecule has 0 radical (unpaired) electrons. The molecule has 1 aliphatic rings. The van der Waals surface area contributed by atoms with Gasteiger partial charge in [-0.05, 0) is 43.4 Å². The maximum Gasteiger partial charge on any atom is 0.293 e. The Morgan fingerprint density at radius 2 is 1.70 bits per heavy atom. The zero-order chi connectivity index (χ0) is 25.9. The van der Waals surface area contributed by atoms with Crippen molar-refractivity contribution < 1.29 is 18.3 Å². The molecule has 0 spiro atoms. The van der Waals surface area contributed by atoms with Crippen molar-refractivity contribution in [3.05, 3.63) is 54.5 Å². The number of anilines is 4. The number of benzene rings is 2. The van der Waals surface area contributed by atoms with Gasteiger partial charge in [-0.25, -0.2) is 14.4 Å². The predicted octanol–water partition coefficient (Wildman–Crippen LogP) is 4.03. The third-order valence-electron chi connectivity index (χ3n) is 6.20. The van der Waals surface area contributed by atoms with Crippen LogP contribution in [-0.2, 0) is 0 Å². The molecule has 0 bridgehead atoms. The highest BCUT2D eigenvalue weighted by molar-refractivity contribution is 5.78. The van der Waals surface area contributed by atoms with Gasteiger partial charge in [-0.3, -0.25) is 0 Å². The highest BCUT2D eigenvalue weighted by Crippen LogP contribution is 2.36. The Balaban J connectivity index is 1.41. The molecule has 3 N–H and O–H groups in total. The number of hydrogen-bond acceptors (Lipinski definition) is 10. The largest absolute Gasteiger partial charge is 0.497 e. The minimum atomic E-state index is -0.303. The quantitative estimate of drug-likeness (QED) is 0.381. The molecule has 2 aromatic carbocycles. The summed E-state index contributed by atoms with van der Waals surface area (Å²) in [5.74, 6) is 1.51. The minimum absolute atomic E-state index is 0.0125. The molecular formula is C26H28FN7O3. The van der Waals surface area contributed by atoms with Crippen molar-refractivity contribution in [2.24, 2.45) is 0 Å². The molecule has 0 atom stereocenters. The topological polar surface area (TPSA) is 115 Å². The molecule has 37 heavy (non-hydrogen) atoms. The molecule has 2 aromatic heterocycles. The van der Waals surface area contributed by atoms with Gasteiger partial charge >= 0.3 is 0 Å². The van der Waals surface area contributed by atoms with E-state index in [0.717, 1.165) is 26.2 Å². The van der Waals surface area contributed by atoms with E-state index in [2.05, 4.69) is 37.1 Å². The van der Waals surface area contributed by atoms with E-state index in [1.165, 1.54) is 6.07 Å². The summed E-state index contributed by atoms with van der Waals surface area (Å²) in [5, 5.41) is 3.07. The standard InChI is InChI=1S/C26H28FN7O3/c1-33-8-10-34(11-9-33)22-5-4-17(14-20(22)27)30-26-29-7-6-21(31-26)24-23(32-25(28)37-24)16-12-18(35-2)15-19(13-16)36-3/h4-7,12-15H,8-11H2,1-3H3,(H2,28,32)(H,29,30,31). The normalized spacial score (nSPS) is 14.0. The SMILES string of the molecule is COc1cc(OC)cc(-c2nc(N)oc2-c2ccnc(Nc3ccc(N4CCN(C)CC4)c(F)c3)n2)c1.